The van der Waals surface area contributed by atoms with E-state index in [2.05, 4.69) is 10.2 Å². The van der Waals surface area contributed by atoms with Crippen molar-refractivity contribution in [3.63, 3.8) is 0 Å². The molecule has 84 valence electrons. The fourth-order valence-electron chi connectivity index (χ4n) is 1.35. The van der Waals surface area contributed by atoms with Crippen LogP contribution in [0.3, 0.4) is 0 Å². The van der Waals surface area contributed by atoms with Crippen molar-refractivity contribution in [3.05, 3.63) is 28.2 Å². The fourth-order valence-corrected chi connectivity index (χ4v) is 2.26. The van der Waals surface area contributed by atoms with Crippen molar-refractivity contribution in [2.75, 3.05) is 0 Å². The summed E-state index contributed by atoms with van der Waals surface area (Å²) >= 11 is 6.47. The summed E-state index contributed by atoms with van der Waals surface area (Å²) in [5.74, 6) is 0.843. The van der Waals surface area contributed by atoms with Crippen molar-refractivity contribution < 1.29 is 4.74 Å². The molecular formula is C11H12N2OS2. The van der Waals surface area contributed by atoms with Gasteiger partial charge in [-0.25, -0.2) is 0 Å². The summed E-state index contributed by atoms with van der Waals surface area (Å²) in [7, 11) is 0. The Morgan fingerprint density at radius 1 is 1.38 bits per heavy atom. The van der Waals surface area contributed by atoms with Crippen LogP contribution in [0.4, 0.5) is 0 Å². The van der Waals surface area contributed by atoms with Gasteiger partial charge in [0.05, 0.1) is 11.7 Å². The molecule has 0 aliphatic heterocycles. The molecule has 2 aromatic rings. The largest absolute Gasteiger partial charge is 0.490 e. The van der Waals surface area contributed by atoms with E-state index in [4.69, 9.17) is 17.0 Å². The third kappa shape index (κ3) is 2.48. The molecule has 0 bridgehead atoms. The zero-order chi connectivity index (χ0) is 11.5. The van der Waals surface area contributed by atoms with Crippen LogP contribution in [0.5, 0.6) is 5.75 Å². The van der Waals surface area contributed by atoms with E-state index in [1.165, 1.54) is 11.3 Å². The number of ether oxygens (including phenoxy) is 1. The van der Waals surface area contributed by atoms with Crippen LogP contribution in [0.15, 0.2) is 24.3 Å². The van der Waals surface area contributed by atoms with Gasteiger partial charge in [0.1, 0.15) is 10.8 Å². The van der Waals surface area contributed by atoms with Gasteiger partial charge >= 0.3 is 0 Å². The number of nitrogens with one attached hydrogen (secondary N) is 1. The van der Waals surface area contributed by atoms with Crippen LogP contribution < -0.4 is 4.74 Å². The van der Waals surface area contributed by atoms with Crippen LogP contribution in [-0.4, -0.2) is 16.3 Å². The average Bonchev–Trinajstić information content (AvgIpc) is 2.65. The Morgan fingerprint density at radius 3 is 2.75 bits per heavy atom. The van der Waals surface area contributed by atoms with E-state index >= 15 is 0 Å². The lowest BCUT2D eigenvalue weighted by Crippen LogP contribution is -2.06. The summed E-state index contributed by atoms with van der Waals surface area (Å²) in [5.41, 5.74) is 0.980. The summed E-state index contributed by atoms with van der Waals surface area (Å²) < 4.78 is 6.40. The number of H-pyrrole nitrogens is 1. The van der Waals surface area contributed by atoms with Gasteiger partial charge in [-0.15, -0.1) is 0 Å². The van der Waals surface area contributed by atoms with Crippen LogP contribution >= 0.6 is 23.6 Å². The molecule has 0 radical (unpaired) electrons. The number of aromatic amines is 1. The van der Waals surface area contributed by atoms with Crippen LogP contribution in [0.1, 0.15) is 13.8 Å². The topological polar surface area (TPSA) is 37.9 Å². The number of aromatic nitrogens is 2. The number of nitrogens with zero attached hydrogens (tertiary/aromatic N) is 1. The zero-order valence-electron chi connectivity index (χ0n) is 9.06. The minimum atomic E-state index is 0.146. The van der Waals surface area contributed by atoms with Gasteiger partial charge in [-0.2, -0.15) is 5.10 Å². The number of para-hydroxylation sites is 1. The number of hydrogen-bond acceptors (Lipinski definition) is 4. The second kappa shape index (κ2) is 4.76. The Morgan fingerprint density at radius 2 is 2.12 bits per heavy atom. The minimum Gasteiger partial charge on any atom is -0.490 e. The fraction of sp³-hybridized carbons (Fsp3) is 0.273. The maximum atomic E-state index is 5.73. The lowest BCUT2D eigenvalue weighted by Gasteiger charge is -2.12. The van der Waals surface area contributed by atoms with E-state index in [0.29, 0.717) is 3.95 Å². The summed E-state index contributed by atoms with van der Waals surface area (Å²) in [6, 6.07) is 7.85. The molecular weight excluding hydrogens is 240 g/mol. The first-order valence-corrected chi connectivity index (χ1v) is 6.21. The smallest absolute Gasteiger partial charge is 0.176 e. The van der Waals surface area contributed by atoms with E-state index in [-0.39, 0.29) is 6.10 Å². The average molecular weight is 252 g/mol. The molecule has 3 nitrogen and oxygen atoms in total. The number of hydrogen-bond donors (Lipinski definition) is 1. The van der Waals surface area contributed by atoms with E-state index in [1.54, 1.807) is 0 Å². The standard InChI is InChI=1S/C11H12N2OS2/c1-7(2)14-9-6-4-3-5-8(9)10-12-13-11(15)16-10/h3-7H,1-2H3,(H,13,15). The van der Waals surface area contributed by atoms with Crippen molar-refractivity contribution in [2.45, 2.75) is 20.0 Å². The monoisotopic (exact) mass is 252 g/mol. The highest BCUT2D eigenvalue weighted by molar-refractivity contribution is 7.73. The van der Waals surface area contributed by atoms with Gasteiger partial charge in [0.25, 0.3) is 0 Å². The van der Waals surface area contributed by atoms with E-state index in [0.717, 1.165) is 16.3 Å². The van der Waals surface area contributed by atoms with Crippen molar-refractivity contribution in [3.8, 4) is 16.3 Å². The highest BCUT2D eigenvalue weighted by Gasteiger charge is 2.09. The second-order valence-electron chi connectivity index (χ2n) is 3.58. The van der Waals surface area contributed by atoms with E-state index < -0.39 is 0 Å². The van der Waals surface area contributed by atoms with Crippen LogP contribution in [0.25, 0.3) is 10.6 Å². The van der Waals surface area contributed by atoms with E-state index in [9.17, 15) is 0 Å². The molecule has 16 heavy (non-hydrogen) atoms. The summed E-state index contributed by atoms with van der Waals surface area (Å²) in [6.07, 6.45) is 0.146. The SMILES string of the molecule is CC(C)Oc1ccccc1-c1n[nH]c(=S)s1. The third-order valence-corrected chi connectivity index (χ3v) is 3.04. The van der Waals surface area contributed by atoms with Gasteiger partial charge in [0.2, 0.25) is 0 Å². The summed E-state index contributed by atoms with van der Waals surface area (Å²) in [6.45, 7) is 4.01. The Kier molecular flexibility index (Phi) is 3.36. The first-order valence-electron chi connectivity index (χ1n) is 4.98. The van der Waals surface area contributed by atoms with Crippen LogP contribution in [0, 0.1) is 3.95 Å². The molecule has 0 aliphatic rings. The van der Waals surface area contributed by atoms with Gasteiger partial charge < -0.3 is 4.74 Å². The first kappa shape index (κ1) is 11.3. The molecule has 5 heteroatoms. The van der Waals surface area contributed by atoms with Gasteiger partial charge in [-0.3, -0.25) is 5.10 Å². The highest BCUT2D eigenvalue weighted by Crippen LogP contribution is 2.31. The Balaban J connectivity index is 2.44. The predicted octanol–water partition coefficient (Wildman–Crippen LogP) is 3.65. The molecule has 0 saturated carbocycles. The molecule has 0 unspecified atom stereocenters. The second-order valence-corrected chi connectivity index (χ2v) is 5.25. The maximum absolute atomic E-state index is 5.73. The molecule has 1 aromatic heterocycles. The van der Waals surface area contributed by atoms with Crippen molar-refractivity contribution >= 4 is 23.6 Å². The Bertz CT molecular complexity index is 531. The van der Waals surface area contributed by atoms with E-state index in [1.807, 2.05) is 38.1 Å². The van der Waals surface area contributed by atoms with Crippen LogP contribution in [0.2, 0.25) is 0 Å². The molecule has 0 amide bonds. The molecule has 0 saturated heterocycles. The first-order chi connectivity index (χ1) is 7.66. The number of benzene rings is 1. The van der Waals surface area contributed by atoms with Gasteiger partial charge in [0, 0.05) is 0 Å². The normalized spacial score (nSPS) is 10.7. The lowest BCUT2D eigenvalue weighted by atomic mass is 10.2. The maximum Gasteiger partial charge on any atom is 0.176 e. The highest BCUT2D eigenvalue weighted by atomic mass is 32.1. The molecule has 1 heterocycles. The van der Waals surface area contributed by atoms with Crippen molar-refractivity contribution in [1.29, 1.82) is 0 Å². The van der Waals surface area contributed by atoms with Crippen LogP contribution in [-0.2, 0) is 0 Å². The molecule has 0 spiro atoms. The molecule has 0 fully saturated rings. The molecule has 0 atom stereocenters. The quantitative estimate of drug-likeness (QED) is 0.847. The summed E-state index contributed by atoms with van der Waals surface area (Å²) in [4.78, 5) is 0. The van der Waals surface area contributed by atoms with Crippen molar-refractivity contribution in [1.82, 2.24) is 10.2 Å². The molecule has 1 N–H and O–H groups in total. The van der Waals surface area contributed by atoms with Gasteiger partial charge in [-0.05, 0) is 38.2 Å². The van der Waals surface area contributed by atoms with Gasteiger partial charge in [0.15, 0.2) is 3.95 Å². The molecule has 2 rings (SSSR count). The van der Waals surface area contributed by atoms with Gasteiger partial charge in [-0.1, -0.05) is 23.5 Å². The third-order valence-electron chi connectivity index (χ3n) is 1.92. The predicted molar refractivity (Wildman–Crippen MR) is 68.5 cm³/mol. The van der Waals surface area contributed by atoms with Crippen molar-refractivity contribution in [2.24, 2.45) is 0 Å². The Hall–Kier alpha value is -1.20. The zero-order valence-corrected chi connectivity index (χ0v) is 10.7. The lowest BCUT2D eigenvalue weighted by molar-refractivity contribution is 0.243. The molecule has 1 aromatic carbocycles. The molecule has 0 aliphatic carbocycles. The summed E-state index contributed by atoms with van der Waals surface area (Å²) in [5, 5.41) is 7.80. The number of rotatable bonds is 3. The Labute approximate surface area is 103 Å². The minimum absolute atomic E-state index is 0.146.